The van der Waals surface area contributed by atoms with Crippen molar-refractivity contribution in [1.29, 1.82) is 0 Å². The maximum Gasteiger partial charge on any atom is 0.417 e. The highest BCUT2D eigenvalue weighted by atomic mass is 19.4. The van der Waals surface area contributed by atoms with Crippen LogP contribution in [0.4, 0.5) is 13.2 Å². The van der Waals surface area contributed by atoms with Crippen molar-refractivity contribution < 1.29 is 22.3 Å². The molecular formula is C19H11F3O3. The van der Waals surface area contributed by atoms with E-state index in [1.807, 2.05) is 0 Å². The molecule has 0 aliphatic heterocycles. The highest BCUT2D eigenvalue weighted by Gasteiger charge is 2.32. The second kappa shape index (κ2) is 5.24. The van der Waals surface area contributed by atoms with Gasteiger partial charge in [0, 0.05) is 6.07 Å². The molecule has 6 heteroatoms. The topological polar surface area (TPSA) is 39.4 Å². The molecule has 0 aliphatic carbocycles. The van der Waals surface area contributed by atoms with Crippen LogP contribution < -0.4 is 10.2 Å². The van der Waals surface area contributed by atoms with Crippen LogP contribution >= 0.6 is 0 Å². The van der Waals surface area contributed by atoms with Crippen LogP contribution in [0.2, 0.25) is 0 Å². The van der Waals surface area contributed by atoms with E-state index in [2.05, 4.69) is 0 Å². The predicted octanol–water partition coefficient (Wildman–Crippen LogP) is 5.13. The molecule has 0 saturated carbocycles. The van der Waals surface area contributed by atoms with Crippen LogP contribution in [0.25, 0.3) is 32.7 Å². The van der Waals surface area contributed by atoms with Gasteiger partial charge in [0.05, 0.1) is 23.4 Å². The number of fused-ring (bicyclic) bond motifs is 3. The molecule has 1 aromatic heterocycles. The summed E-state index contributed by atoms with van der Waals surface area (Å²) >= 11 is 0. The molecular weight excluding hydrogens is 333 g/mol. The third-order valence-corrected chi connectivity index (χ3v) is 4.18. The SMILES string of the molecule is COc1ccc2c(=O)c3cc4c(C(F)(F)F)cccc4cc3oc2c1. The molecule has 4 aromatic rings. The number of ether oxygens (including phenoxy) is 1. The number of alkyl halides is 3. The minimum atomic E-state index is -4.50. The van der Waals surface area contributed by atoms with Crippen LogP contribution in [-0.2, 0) is 6.18 Å². The lowest BCUT2D eigenvalue weighted by molar-refractivity contribution is -0.136. The van der Waals surface area contributed by atoms with Crippen molar-refractivity contribution in [3.05, 3.63) is 64.3 Å². The quantitative estimate of drug-likeness (QED) is 0.450. The molecule has 0 bridgehead atoms. The Balaban J connectivity index is 2.14. The summed E-state index contributed by atoms with van der Waals surface area (Å²) in [6.07, 6.45) is -4.50. The van der Waals surface area contributed by atoms with Gasteiger partial charge in [0.25, 0.3) is 0 Å². The van der Waals surface area contributed by atoms with E-state index in [9.17, 15) is 18.0 Å². The summed E-state index contributed by atoms with van der Waals surface area (Å²) in [5, 5.41) is 0.731. The van der Waals surface area contributed by atoms with E-state index < -0.39 is 11.7 Å². The van der Waals surface area contributed by atoms with E-state index in [-0.39, 0.29) is 27.2 Å². The fourth-order valence-corrected chi connectivity index (χ4v) is 2.98. The smallest absolute Gasteiger partial charge is 0.417 e. The fraction of sp³-hybridized carbons (Fsp3) is 0.105. The van der Waals surface area contributed by atoms with Gasteiger partial charge >= 0.3 is 6.18 Å². The Morgan fingerprint density at radius 2 is 1.68 bits per heavy atom. The molecule has 0 spiro atoms. The zero-order chi connectivity index (χ0) is 17.8. The molecule has 0 fully saturated rings. The van der Waals surface area contributed by atoms with Crippen molar-refractivity contribution in [2.45, 2.75) is 6.18 Å². The van der Waals surface area contributed by atoms with E-state index in [1.165, 1.54) is 25.3 Å². The maximum atomic E-state index is 13.2. The second-order valence-corrected chi connectivity index (χ2v) is 5.67. The lowest BCUT2D eigenvalue weighted by atomic mass is 10.0. The maximum absolute atomic E-state index is 13.2. The lowest BCUT2D eigenvalue weighted by Crippen LogP contribution is -2.07. The Morgan fingerprint density at radius 1 is 0.920 bits per heavy atom. The Morgan fingerprint density at radius 3 is 2.40 bits per heavy atom. The number of methoxy groups -OCH3 is 1. The number of hydrogen-bond donors (Lipinski definition) is 0. The molecule has 4 rings (SSSR count). The van der Waals surface area contributed by atoms with E-state index in [0.29, 0.717) is 16.7 Å². The van der Waals surface area contributed by atoms with Gasteiger partial charge in [0.15, 0.2) is 0 Å². The van der Waals surface area contributed by atoms with E-state index >= 15 is 0 Å². The molecule has 0 amide bonds. The highest BCUT2D eigenvalue weighted by Crippen LogP contribution is 2.36. The van der Waals surface area contributed by atoms with Gasteiger partial charge in [-0.15, -0.1) is 0 Å². The van der Waals surface area contributed by atoms with Crippen LogP contribution in [0.15, 0.2) is 57.7 Å². The Labute approximate surface area is 139 Å². The third-order valence-electron chi connectivity index (χ3n) is 4.18. The van der Waals surface area contributed by atoms with Crippen molar-refractivity contribution in [1.82, 2.24) is 0 Å². The third kappa shape index (κ3) is 2.41. The second-order valence-electron chi connectivity index (χ2n) is 5.67. The van der Waals surface area contributed by atoms with Crippen molar-refractivity contribution in [3.63, 3.8) is 0 Å². The molecule has 0 radical (unpaired) electrons. The summed E-state index contributed by atoms with van der Waals surface area (Å²) in [4.78, 5) is 12.7. The summed E-state index contributed by atoms with van der Waals surface area (Å²) < 4.78 is 50.6. The molecule has 0 aliphatic rings. The van der Waals surface area contributed by atoms with E-state index in [1.54, 1.807) is 24.3 Å². The first kappa shape index (κ1) is 15.5. The molecule has 3 aromatic carbocycles. The summed E-state index contributed by atoms with van der Waals surface area (Å²) in [7, 11) is 1.49. The minimum absolute atomic E-state index is 0.0253. The summed E-state index contributed by atoms with van der Waals surface area (Å²) in [5.74, 6) is 0.523. The molecule has 3 nitrogen and oxygen atoms in total. The highest BCUT2D eigenvalue weighted by molar-refractivity contribution is 6.00. The molecule has 0 saturated heterocycles. The van der Waals surface area contributed by atoms with Gasteiger partial charge in [0.1, 0.15) is 16.9 Å². The zero-order valence-electron chi connectivity index (χ0n) is 13.0. The van der Waals surface area contributed by atoms with Crippen molar-refractivity contribution in [2.24, 2.45) is 0 Å². The molecule has 0 atom stereocenters. The first-order valence-corrected chi connectivity index (χ1v) is 7.43. The van der Waals surface area contributed by atoms with Crippen LogP contribution in [0, 0.1) is 0 Å². The first-order chi connectivity index (χ1) is 11.9. The largest absolute Gasteiger partial charge is 0.497 e. The number of halogens is 3. The summed E-state index contributed by atoms with van der Waals surface area (Å²) in [6, 6.07) is 11.3. The predicted molar refractivity (Wildman–Crippen MR) is 89.1 cm³/mol. The Hall–Kier alpha value is -3.02. The first-order valence-electron chi connectivity index (χ1n) is 7.43. The standard InChI is InChI=1S/C19H11F3O3/c1-24-11-5-6-12-17(8-11)25-16-7-10-3-2-4-15(19(20,21)22)13(10)9-14(16)18(12)23/h2-9H,1H3. The molecule has 0 unspecified atom stereocenters. The zero-order valence-corrected chi connectivity index (χ0v) is 13.0. The average molecular weight is 344 g/mol. The molecule has 126 valence electrons. The van der Waals surface area contributed by atoms with Crippen LogP contribution in [0.3, 0.4) is 0 Å². The number of rotatable bonds is 1. The monoisotopic (exact) mass is 344 g/mol. The molecule has 1 heterocycles. The van der Waals surface area contributed by atoms with Gasteiger partial charge in [-0.2, -0.15) is 13.2 Å². The number of benzene rings is 3. The summed E-state index contributed by atoms with van der Waals surface area (Å²) in [6.45, 7) is 0. The van der Waals surface area contributed by atoms with Gasteiger partial charge in [-0.05, 0) is 41.1 Å². The summed E-state index contributed by atoms with van der Waals surface area (Å²) in [5.41, 5.74) is -0.598. The van der Waals surface area contributed by atoms with E-state index in [4.69, 9.17) is 9.15 Å². The van der Waals surface area contributed by atoms with E-state index in [0.717, 1.165) is 6.07 Å². The Bertz CT molecular complexity index is 1190. The number of hydrogen-bond acceptors (Lipinski definition) is 3. The van der Waals surface area contributed by atoms with Crippen molar-refractivity contribution >= 4 is 32.7 Å². The van der Waals surface area contributed by atoms with Gasteiger partial charge in [-0.25, -0.2) is 0 Å². The van der Waals surface area contributed by atoms with Gasteiger partial charge < -0.3 is 9.15 Å². The van der Waals surface area contributed by atoms with Crippen LogP contribution in [0.5, 0.6) is 5.75 Å². The Kier molecular flexibility index (Phi) is 3.25. The fourth-order valence-electron chi connectivity index (χ4n) is 2.98. The van der Waals surface area contributed by atoms with Crippen LogP contribution in [0.1, 0.15) is 5.56 Å². The molecule has 0 N–H and O–H groups in total. The lowest BCUT2D eigenvalue weighted by Gasteiger charge is -2.11. The van der Waals surface area contributed by atoms with Gasteiger partial charge in [0.2, 0.25) is 5.43 Å². The average Bonchev–Trinajstić information content (AvgIpc) is 2.58. The molecule has 25 heavy (non-hydrogen) atoms. The van der Waals surface area contributed by atoms with Gasteiger partial charge in [-0.3, -0.25) is 4.79 Å². The normalized spacial score (nSPS) is 12.2. The minimum Gasteiger partial charge on any atom is -0.497 e. The van der Waals surface area contributed by atoms with Crippen LogP contribution in [-0.4, -0.2) is 7.11 Å². The van der Waals surface area contributed by atoms with Crippen molar-refractivity contribution in [2.75, 3.05) is 7.11 Å². The van der Waals surface area contributed by atoms with Gasteiger partial charge in [-0.1, -0.05) is 12.1 Å². The van der Waals surface area contributed by atoms with Crippen molar-refractivity contribution in [3.8, 4) is 5.75 Å².